The van der Waals surface area contributed by atoms with Crippen molar-refractivity contribution in [1.82, 2.24) is 15.1 Å². The molecule has 2 fully saturated rings. The molecule has 4 nitrogen and oxygen atoms in total. The molecule has 2 saturated heterocycles. The molecule has 0 aromatic rings. The molecule has 2 heterocycles. The van der Waals surface area contributed by atoms with Gasteiger partial charge in [0.2, 0.25) is 0 Å². The topological polar surface area (TPSA) is 27.7 Å². The van der Waals surface area contributed by atoms with Crippen LogP contribution in [0.15, 0.2) is 0 Å². The standard InChI is InChI=1S/C13H27N3O/c1-15-7-3-12(4-8-15)16(2)9-5-13-11-14-6-10-17-13/h12-14H,3-11H2,1-2H3. The molecule has 17 heavy (non-hydrogen) atoms. The number of nitrogens with one attached hydrogen (secondary N) is 1. The Morgan fingerprint density at radius 2 is 2.12 bits per heavy atom. The average Bonchev–Trinajstić information content (AvgIpc) is 2.38. The maximum Gasteiger partial charge on any atom is 0.0712 e. The number of rotatable bonds is 4. The molecule has 4 heteroatoms. The van der Waals surface area contributed by atoms with E-state index in [0.29, 0.717) is 6.10 Å². The zero-order valence-corrected chi connectivity index (χ0v) is 11.3. The summed E-state index contributed by atoms with van der Waals surface area (Å²) < 4.78 is 5.74. The number of likely N-dealkylation sites (tertiary alicyclic amines) is 1. The van der Waals surface area contributed by atoms with E-state index < -0.39 is 0 Å². The highest BCUT2D eigenvalue weighted by Gasteiger charge is 2.21. The number of hydrogen-bond donors (Lipinski definition) is 1. The van der Waals surface area contributed by atoms with Gasteiger partial charge in [-0.15, -0.1) is 0 Å². The lowest BCUT2D eigenvalue weighted by Gasteiger charge is -2.36. The number of ether oxygens (including phenoxy) is 1. The molecule has 0 spiro atoms. The summed E-state index contributed by atoms with van der Waals surface area (Å²) in [5.41, 5.74) is 0. The van der Waals surface area contributed by atoms with Gasteiger partial charge in [0.25, 0.3) is 0 Å². The predicted octanol–water partition coefficient (Wildman–Crippen LogP) is 0.391. The summed E-state index contributed by atoms with van der Waals surface area (Å²) in [6.45, 7) is 6.58. The van der Waals surface area contributed by atoms with Crippen LogP contribution in [0.25, 0.3) is 0 Å². The summed E-state index contributed by atoms with van der Waals surface area (Å²) >= 11 is 0. The first-order valence-electron chi connectivity index (χ1n) is 6.97. The second-order valence-electron chi connectivity index (χ2n) is 5.50. The van der Waals surface area contributed by atoms with Crippen molar-refractivity contribution >= 4 is 0 Å². The van der Waals surface area contributed by atoms with Crippen molar-refractivity contribution in [3.05, 3.63) is 0 Å². The van der Waals surface area contributed by atoms with Gasteiger partial charge in [0.1, 0.15) is 0 Å². The van der Waals surface area contributed by atoms with Crippen LogP contribution in [0.5, 0.6) is 0 Å². The molecular formula is C13H27N3O. The summed E-state index contributed by atoms with van der Waals surface area (Å²) in [4.78, 5) is 4.96. The van der Waals surface area contributed by atoms with Crippen molar-refractivity contribution in [2.45, 2.75) is 31.4 Å². The minimum absolute atomic E-state index is 0.428. The third kappa shape index (κ3) is 4.21. The molecule has 0 aliphatic carbocycles. The Balaban J connectivity index is 1.64. The van der Waals surface area contributed by atoms with Gasteiger partial charge in [-0.1, -0.05) is 0 Å². The van der Waals surface area contributed by atoms with Crippen molar-refractivity contribution in [2.75, 3.05) is 53.4 Å². The predicted molar refractivity (Wildman–Crippen MR) is 70.4 cm³/mol. The third-order valence-corrected chi connectivity index (χ3v) is 4.12. The fraction of sp³-hybridized carbons (Fsp3) is 1.00. The molecule has 2 aliphatic heterocycles. The van der Waals surface area contributed by atoms with E-state index in [1.165, 1.54) is 32.5 Å². The van der Waals surface area contributed by atoms with Gasteiger partial charge in [-0.3, -0.25) is 0 Å². The molecule has 0 amide bonds. The number of hydrogen-bond acceptors (Lipinski definition) is 4. The molecule has 1 atom stereocenters. The van der Waals surface area contributed by atoms with Crippen LogP contribution in [-0.2, 0) is 4.74 Å². The lowest BCUT2D eigenvalue weighted by atomic mass is 10.0. The summed E-state index contributed by atoms with van der Waals surface area (Å²) in [6, 6.07) is 0.780. The number of morpholine rings is 1. The van der Waals surface area contributed by atoms with Gasteiger partial charge in [0, 0.05) is 25.7 Å². The van der Waals surface area contributed by atoms with Crippen molar-refractivity contribution in [3.8, 4) is 0 Å². The van der Waals surface area contributed by atoms with Crippen LogP contribution in [-0.4, -0.2) is 75.4 Å². The van der Waals surface area contributed by atoms with Crippen molar-refractivity contribution in [2.24, 2.45) is 0 Å². The van der Waals surface area contributed by atoms with Gasteiger partial charge < -0.3 is 19.9 Å². The van der Waals surface area contributed by atoms with E-state index in [2.05, 4.69) is 29.2 Å². The molecule has 0 saturated carbocycles. The Morgan fingerprint density at radius 1 is 1.35 bits per heavy atom. The molecule has 100 valence electrons. The quantitative estimate of drug-likeness (QED) is 0.771. The maximum atomic E-state index is 5.74. The second-order valence-corrected chi connectivity index (χ2v) is 5.50. The Hall–Kier alpha value is -0.160. The monoisotopic (exact) mass is 241 g/mol. The van der Waals surface area contributed by atoms with Crippen LogP contribution in [0.2, 0.25) is 0 Å². The van der Waals surface area contributed by atoms with E-state index in [0.717, 1.165) is 32.2 Å². The SMILES string of the molecule is CN1CCC(N(C)CCC2CNCCO2)CC1. The highest BCUT2D eigenvalue weighted by Crippen LogP contribution is 2.15. The van der Waals surface area contributed by atoms with Gasteiger partial charge >= 0.3 is 0 Å². The first-order valence-corrected chi connectivity index (χ1v) is 6.97. The van der Waals surface area contributed by atoms with E-state index in [4.69, 9.17) is 4.74 Å². The molecule has 2 aliphatic rings. The van der Waals surface area contributed by atoms with E-state index in [-0.39, 0.29) is 0 Å². The minimum atomic E-state index is 0.428. The lowest BCUT2D eigenvalue weighted by Crippen LogP contribution is -2.44. The Morgan fingerprint density at radius 3 is 2.76 bits per heavy atom. The van der Waals surface area contributed by atoms with Gasteiger partial charge in [-0.2, -0.15) is 0 Å². The zero-order chi connectivity index (χ0) is 12.1. The maximum absolute atomic E-state index is 5.74. The molecule has 0 bridgehead atoms. The Labute approximate surface area is 105 Å². The first kappa shape index (κ1) is 13.3. The second kappa shape index (κ2) is 6.69. The normalized spacial score (nSPS) is 28.8. The Bertz CT molecular complexity index is 211. The van der Waals surface area contributed by atoms with Crippen LogP contribution in [0.4, 0.5) is 0 Å². The van der Waals surface area contributed by atoms with E-state index >= 15 is 0 Å². The summed E-state index contributed by atoms with van der Waals surface area (Å²) in [7, 11) is 4.49. The molecule has 2 rings (SSSR count). The van der Waals surface area contributed by atoms with Crippen LogP contribution >= 0.6 is 0 Å². The van der Waals surface area contributed by atoms with Crippen LogP contribution < -0.4 is 5.32 Å². The van der Waals surface area contributed by atoms with Crippen molar-refractivity contribution in [3.63, 3.8) is 0 Å². The zero-order valence-electron chi connectivity index (χ0n) is 11.3. The first-order chi connectivity index (χ1) is 8.25. The summed E-state index contributed by atoms with van der Waals surface area (Å²) in [5.74, 6) is 0. The number of nitrogens with zero attached hydrogens (tertiary/aromatic N) is 2. The largest absolute Gasteiger partial charge is 0.376 e. The number of piperidine rings is 1. The van der Waals surface area contributed by atoms with E-state index in [9.17, 15) is 0 Å². The van der Waals surface area contributed by atoms with Crippen LogP contribution in [0, 0.1) is 0 Å². The molecule has 1 N–H and O–H groups in total. The summed E-state index contributed by atoms with van der Waals surface area (Å²) in [6.07, 6.45) is 4.22. The minimum Gasteiger partial charge on any atom is -0.376 e. The highest BCUT2D eigenvalue weighted by molar-refractivity contribution is 4.78. The lowest BCUT2D eigenvalue weighted by molar-refractivity contribution is 0.0145. The molecule has 0 radical (unpaired) electrons. The van der Waals surface area contributed by atoms with Crippen LogP contribution in [0.1, 0.15) is 19.3 Å². The highest BCUT2D eigenvalue weighted by atomic mass is 16.5. The van der Waals surface area contributed by atoms with Gasteiger partial charge in [0.15, 0.2) is 0 Å². The summed E-state index contributed by atoms with van der Waals surface area (Å²) in [5, 5.41) is 3.39. The Kier molecular flexibility index (Phi) is 5.22. The van der Waals surface area contributed by atoms with Crippen LogP contribution in [0.3, 0.4) is 0 Å². The molecule has 0 aromatic heterocycles. The van der Waals surface area contributed by atoms with Gasteiger partial charge in [0.05, 0.1) is 12.7 Å². The van der Waals surface area contributed by atoms with Gasteiger partial charge in [-0.05, 0) is 46.4 Å². The molecule has 1 unspecified atom stereocenters. The molecular weight excluding hydrogens is 214 g/mol. The van der Waals surface area contributed by atoms with E-state index in [1.807, 2.05) is 0 Å². The fourth-order valence-corrected chi connectivity index (χ4v) is 2.77. The van der Waals surface area contributed by atoms with E-state index in [1.54, 1.807) is 0 Å². The smallest absolute Gasteiger partial charge is 0.0712 e. The third-order valence-electron chi connectivity index (χ3n) is 4.12. The average molecular weight is 241 g/mol. The fourth-order valence-electron chi connectivity index (χ4n) is 2.77. The van der Waals surface area contributed by atoms with Gasteiger partial charge in [-0.25, -0.2) is 0 Å². The van der Waals surface area contributed by atoms with Crippen molar-refractivity contribution in [1.29, 1.82) is 0 Å². The van der Waals surface area contributed by atoms with Crippen molar-refractivity contribution < 1.29 is 4.74 Å². The molecule has 0 aromatic carbocycles.